The average molecular weight is 403 g/mol. The number of nitrogens with one attached hydrogen (secondary N) is 1. The molecule has 0 bridgehead atoms. The number of carbonyl (C=O) groups excluding carboxylic acids is 1. The van der Waals surface area contributed by atoms with Crippen LogP contribution < -0.4 is 5.32 Å². The molecule has 1 aliphatic rings. The maximum absolute atomic E-state index is 13.0. The molecule has 1 aromatic carbocycles. The lowest BCUT2D eigenvalue weighted by Gasteiger charge is -2.13. The van der Waals surface area contributed by atoms with Crippen molar-refractivity contribution < 1.29 is 9.18 Å². The fourth-order valence-electron chi connectivity index (χ4n) is 2.74. The highest BCUT2D eigenvalue weighted by atomic mass is 32.2. The normalized spacial score (nSPS) is 14.9. The number of amides is 1. The first-order valence-corrected chi connectivity index (χ1v) is 10.6. The van der Waals surface area contributed by atoms with Gasteiger partial charge in [-0.1, -0.05) is 30.0 Å². The quantitative estimate of drug-likeness (QED) is 0.600. The Morgan fingerprint density at radius 1 is 1.33 bits per heavy atom. The molecule has 1 aliphatic carbocycles. The van der Waals surface area contributed by atoms with Crippen LogP contribution in [0.1, 0.15) is 31.4 Å². The standard InChI is InChI=1S/C19H19FN4OS2/c1-12(18(25)21-11-13-4-6-14(20)7-5-13)27-19-23-22-17(16-3-2-10-26-16)24(19)15-8-9-15/h2-7,10,12,15H,8-9,11H2,1H3,(H,21,25). The van der Waals surface area contributed by atoms with E-state index in [1.807, 2.05) is 24.4 Å². The molecule has 2 aromatic heterocycles. The van der Waals surface area contributed by atoms with E-state index < -0.39 is 0 Å². The number of rotatable bonds is 7. The molecule has 1 atom stereocenters. The smallest absolute Gasteiger partial charge is 0.233 e. The van der Waals surface area contributed by atoms with Gasteiger partial charge in [-0.3, -0.25) is 9.36 Å². The zero-order valence-electron chi connectivity index (χ0n) is 14.8. The fraction of sp³-hybridized carbons (Fsp3) is 0.316. The van der Waals surface area contributed by atoms with E-state index in [9.17, 15) is 9.18 Å². The molecular weight excluding hydrogens is 383 g/mol. The van der Waals surface area contributed by atoms with Crippen LogP contribution in [0, 0.1) is 5.82 Å². The van der Waals surface area contributed by atoms with Gasteiger partial charge < -0.3 is 5.32 Å². The number of thiophene rings is 1. The Bertz CT molecular complexity index is 920. The van der Waals surface area contributed by atoms with Gasteiger partial charge in [-0.15, -0.1) is 21.5 Å². The van der Waals surface area contributed by atoms with Crippen LogP contribution in [0.5, 0.6) is 0 Å². The van der Waals surface area contributed by atoms with Gasteiger partial charge >= 0.3 is 0 Å². The van der Waals surface area contributed by atoms with E-state index in [4.69, 9.17) is 0 Å². The van der Waals surface area contributed by atoms with E-state index in [0.29, 0.717) is 12.6 Å². The van der Waals surface area contributed by atoms with E-state index in [2.05, 4.69) is 20.1 Å². The maximum atomic E-state index is 13.0. The fourth-order valence-corrected chi connectivity index (χ4v) is 4.39. The molecule has 1 amide bonds. The van der Waals surface area contributed by atoms with Crippen LogP contribution in [0.2, 0.25) is 0 Å². The van der Waals surface area contributed by atoms with Gasteiger partial charge in [0.25, 0.3) is 0 Å². The van der Waals surface area contributed by atoms with Gasteiger partial charge in [-0.2, -0.15) is 0 Å². The molecule has 27 heavy (non-hydrogen) atoms. The van der Waals surface area contributed by atoms with Crippen molar-refractivity contribution in [3.63, 3.8) is 0 Å². The monoisotopic (exact) mass is 402 g/mol. The Balaban J connectivity index is 1.42. The molecule has 5 nitrogen and oxygen atoms in total. The first-order valence-electron chi connectivity index (χ1n) is 8.79. The van der Waals surface area contributed by atoms with E-state index in [0.717, 1.165) is 34.3 Å². The van der Waals surface area contributed by atoms with E-state index >= 15 is 0 Å². The van der Waals surface area contributed by atoms with Crippen molar-refractivity contribution in [2.24, 2.45) is 0 Å². The minimum absolute atomic E-state index is 0.0765. The average Bonchev–Trinajstić information content (AvgIpc) is 3.19. The van der Waals surface area contributed by atoms with Gasteiger partial charge in [0.2, 0.25) is 5.91 Å². The summed E-state index contributed by atoms with van der Waals surface area (Å²) in [4.78, 5) is 13.6. The number of aromatic nitrogens is 3. The number of carbonyl (C=O) groups is 1. The summed E-state index contributed by atoms with van der Waals surface area (Å²) in [6.45, 7) is 2.24. The van der Waals surface area contributed by atoms with Crippen molar-refractivity contribution in [3.8, 4) is 10.7 Å². The molecule has 4 rings (SSSR count). The van der Waals surface area contributed by atoms with Gasteiger partial charge in [0.05, 0.1) is 10.1 Å². The van der Waals surface area contributed by atoms with Gasteiger partial charge in [-0.05, 0) is 48.9 Å². The summed E-state index contributed by atoms with van der Waals surface area (Å²) in [6.07, 6.45) is 2.24. The Kier molecular flexibility index (Phi) is 5.27. The van der Waals surface area contributed by atoms with Crippen molar-refractivity contribution in [2.75, 3.05) is 0 Å². The largest absolute Gasteiger partial charge is 0.351 e. The van der Waals surface area contributed by atoms with Crippen molar-refractivity contribution in [2.45, 2.75) is 42.8 Å². The lowest BCUT2D eigenvalue weighted by molar-refractivity contribution is -0.120. The second-order valence-electron chi connectivity index (χ2n) is 6.49. The summed E-state index contributed by atoms with van der Waals surface area (Å²) in [7, 11) is 0. The molecule has 1 N–H and O–H groups in total. The molecule has 1 saturated carbocycles. The second-order valence-corrected chi connectivity index (χ2v) is 8.74. The summed E-state index contributed by atoms with van der Waals surface area (Å²) in [5.74, 6) is 0.524. The third-order valence-corrected chi connectivity index (χ3v) is 6.27. The van der Waals surface area contributed by atoms with Gasteiger partial charge in [-0.25, -0.2) is 4.39 Å². The van der Waals surface area contributed by atoms with Crippen molar-refractivity contribution in [1.82, 2.24) is 20.1 Å². The van der Waals surface area contributed by atoms with Crippen LogP contribution >= 0.6 is 23.1 Å². The maximum Gasteiger partial charge on any atom is 0.233 e. The molecule has 3 aromatic rings. The van der Waals surface area contributed by atoms with Crippen molar-refractivity contribution >= 4 is 29.0 Å². The zero-order chi connectivity index (χ0) is 18.8. The molecule has 2 heterocycles. The first kappa shape index (κ1) is 18.2. The lowest BCUT2D eigenvalue weighted by atomic mass is 10.2. The van der Waals surface area contributed by atoms with E-state index in [1.54, 1.807) is 23.5 Å². The van der Waals surface area contributed by atoms with Crippen LogP contribution in [-0.2, 0) is 11.3 Å². The van der Waals surface area contributed by atoms with Crippen LogP contribution in [0.25, 0.3) is 10.7 Å². The van der Waals surface area contributed by atoms with Gasteiger partial charge in [0.15, 0.2) is 11.0 Å². The first-order chi connectivity index (χ1) is 13.1. The Morgan fingerprint density at radius 2 is 2.11 bits per heavy atom. The van der Waals surface area contributed by atoms with Crippen LogP contribution in [-0.4, -0.2) is 25.9 Å². The van der Waals surface area contributed by atoms with Gasteiger partial charge in [0.1, 0.15) is 5.82 Å². The highest BCUT2D eigenvalue weighted by Crippen LogP contribution is 2.42. The highest BCUT2D eigenvalue weighted by molar-refractivity contribution is 8.00. The summed E-state index contributed by atoms with van der Waals surface area (Å²) in [6, 6.07) is 10.6. The zero-order valence-corrected chi connectivity index (χ0v) is 16.4. The lowest BCUT2D eigenvalue weighted by Crippen LogP contribution is -2.30. The predicted molar refractivity (Wildman–Crippen MR) is 105 cm³/mol. The molecule has 8 heteroatoms. The highest BCUT2D eigenvalue weighted by Gasteiger charge is 2.31. The second kappa shape index (κ2) is 7.82. The van der Waals surface area contributed by atoms with Crippen molar-refractivity contribution in [1.29, 1.82) is 0 Å². The number of nitrogens with zero attached hydrogens (tertiary/aromatic N) is 3. The number of hydrogen-bond acceptors (Lipinski definition) is 5. The number of benzene rings is 1. The number of hydrogen-bond donors (Lipinski definition) is 1. The minimum Gasteiger partial charge on any atom is -0.351 e. The molecule has 0 spiro atoms. The number of thioether (sulfide) groups is 1. The Morgan fingerprint density at radius 3 is 2.78 bits per heavy atom. The molecule has 0 radical (unpaired) electrons. The summed E-state index contributed by atoms with van der Waals surface area (Å²) in [5, 5.41) is 14.1. The predicted octanol–water partition coefficient (Wildman–Crippen LogP) is 4.28. The van der Waals surface area contributed by atoms with E-state index in [-0.39, 0.29) is 17.0 Å². The molecule has 1 fully saturated rings. The molecule has 1 unspecified atom stereocenters. The summed E-state index contributed by atoms with van der Waals surface area (Å²) in [5.41, 5.74) is 0.864. The van der Waals surface area contributed by atoms with E-state index in [1.165, 1.54) is 23.9 Å². The summed E-state index contributed by atoms with van der Waals surface area (Å²) >= 11 is 3.07. The molecular formula is C19H19FN4OS2. The van der Waals surface area contributed by atoms with Crippen LogP contribution in [0.15, 0.2) is 46.9 Å². The minimum atomic E-state index is -0.302. The number of halogens is 1. The summed E-state index contributed by atoms with van der Waals surface area (Å²) < 4.78 is 15.1. The SMILES string of the molecule is CC(Sc1nnc(-c2cccs2)n1C1CC1)C(=O)NCc1ccc(F)cc1. The topological polar surface area (TPSA) is 59.8 Å². The molecule has 140 valence electrons. The van der Waals surface area contributed by atoms with Crippen LogP contribution in [0.3, 0.4) is 0 Å². The Hall–Kier alpha value is -2.19. The third kappa shape index (κ3) is 4.22. The van der Waals surface area contributed by atoms with Gasteiger partial charge in [0, 0.05) is 12.6 Å². The molecule has 0 saturated heterocycles. The molecule has 0 aliphatic heterocycles. The Labute approximate surface area is 165 Å². The van der Waals surface area contributed by atoms with Crippen molar-refractivity contribution in [3.05, 3.63) is 53.2 Å². The van der Waals surface area contributed by atoms with Crippen LogP contribution in [0.4, 0.5) is 4.39 Å². The third-order valence-electron chi connectivity index (χ3n) is 4.35.